The van der Waals surface area contributed by atoms with Gasteiger partial charge in [0, 0.05) is 12.6 Å². The van der Waals surface area contributed by atoms with Crippen molar-refractivity contribution in [3.05, 3.63) is 27.3 Å². The number of phenols is 1. The third-order valence-corrected chi connectivity index (χ3v) is 3.11. The lowest BCUT2D eigenvalue weighted by Crippen LogP contribution is -2.43. The molecule has 0 aliphatic carbocycles. The summed E-state index contributed by atoms with van der Waals surface area (Å²) in [5, 5.41) is 14.4. The summed E-state index contributed by atoms with van der Waals surface area (Å²) in [4.78, 5) is 23.0. The van der Waals surface area contributed by atoms with Crippen molar-refractivity contribution in [2.45, 2.75) is 13.0 Å². The van der Waals surface area contributed by atoms with Gasteiger partial charge in [-0.25, -0.2) is 0 Å². The summed E-state index contributed by atoms with van der Waals surface area (Å²) in [5.41, 5.74) is 0.318. The molecule has 1 unspecified atom stereocenters. The predicted molar refractivity (Wildman–Crippen MR) is 71.8 cm³/mol. The van der Waals surface area contributed by atoms with Gasteiger partial charge in [0.25, 0.3) is 5.91 Å². The van der Waals surface area contributed by atoms with Gasteiger partial charge < -0.3 is 15.7 Å². The lowest BCUT2D eigenvalue weighted by Gasteiger charge is -2.12. The fraction of sp³-hybridized carbons (Fsp3) is 0.273. The molecule has 0 aromatic heterocycles. The molecule has 2 amide bonds. The van der Waals surface area contributed by atoms with Crippen LogP contribution in [0.5, 0.6) is 5.75 Å². The second kappa shape index (κ2) is 5.85. The predicted octanol–water partition coefficient (Wildman–Crippen LogP) is 0.861. The van der Waals surface area contributed by atoms with E-state index in [4.69, 9.17) is 0 Å². The number of carbonyl (C=O) groups is 2. The second-order valence-corrected chi connectivity index (χ2v) is 4.64. The van der Waals surface area contributed by atoms with E-state index in [1.54, 1.807) is 19.1 Å². The lowest BCUT2D eigenvalue weighted by molar-refractivity contribution is -0.122. The van der Waals surface area contributed by atoms with Gasteiger partial charge in [-0.2, -0.15) is 0 Å². The van der Waals surface area contributed by atoms with Gasteiger partial charge in [0.1, 0.15) is 11.8 Å². The van der Waals surface area contributed by atoms with Crippen molar-refractivity contribution < 1.29 is 14.7 Å². The van der Waals surface area contributed by atoms with Gasteiger partial charge in [-0.3, -0.25) is 9.59 Å². The van der Waals surface area contributed by atoms with Crippen LogP contribution in [0.25, 0.3) is 0 Å². The Morgan fingerprint density at radius 3 is 2.59 bits per heavy atom. The van der Waals surface area contributed by atoms with E-state index in [1.807, 2.05) is 22.6 Å². The van der Waals surface area contributed by atoms with Gasteiger partial charge in [-0.05, 0) is 47.7 Å². The zero-order valence-corrected chi connectivity index (χ0v) is 11.6. The molecule has 0 saturated heterocycles. The quantitative estimate of drug-likeness (QED) is 0.709. The molecular formula is C11H13IN2O3. The molecule has 17 heavy (non-hydrogen) atoms. The molecule has 1 aromatic carbocycles. The van der Waals surface area contributed by atoms with E-state index in [0.29, 0.717) is 9.13 Å². The minimum Gasteiger partial charge on any atom is -0.507 e. The Labute approximate surface area is 113 Å². The summed E-state index contributed by atoms with van der Waals surface area (Å²) >= 11 is 1.96. The van der Waals surface area contributed by atoms with Crippen molar-refractivity contribution in [3.8, 4) is 5.75 Å². The smallest absolute Gasteiger partial charge is 0.252 e. The Bertz CT molecular complexity index is 448. The Kier molecular flexibility index (Phi) is 4.73. The number of nitrogens with one attached hydrogen (secondary N) is 2. The molecule has 0 aliphatic rings. The van der Waals surface area contributed by atoms with Crippen molar-refractivity contribution in [2.75, 3.05) is 7.05 Å². The molecule has 0 saturated carbocycles. The first-order chi connectivity index (χ1) is 7.95. The monoisotopic (exact) mass is 348 g/mol. The maximum Gasteiger partial charge on any atom is 0.252 e. The fourth-order valence-corrected chi connectivity index (χ4v) is 1.55. The third kappa shape index (κ3) is 3.58. The van der Waals surface area contributed by atoms with Crippen molar-refractivity contribution in [1.29, 1.82) is 0 Å². The van der Waals surface area contributed by atoms with Crippen LogP contribution in [0.1, 0.15) is 17.3 Å². The second-order valence-electron chi connectivity index (χ2n) is 3.48. The zero-order valence-electron chi connectivity index (χ0n) is 9.45. The maximum absolute atomic E-state index is 11.7. The van der Waals surface area contributed by atoms with E-state index >= 15 is 0 Å². The molecule has 1 atom stereocenters. The molecule has 6 heteroatoms. The van der Waals surface area contributed by atoms with Crippen LogP contribution < -0.4 is 10.6 Å². The molecule has 1 aromatic rings. The third-order valence-electron chi connectivity index (χ3n) is 2.20. The van der Waals surface area contributed by atoms with Gasteiger partial charge >= 0.3 is 0 Å². The van der Waals surface area contributed by atoms with Crippen LogP contribution in [0.15, 0.2) is 18.2 Å². The standard InChI is InChI=1S/C11H13IN2O3/c1-6(10(16)13-2)14-11(17)7-3-4-8(12)9(15)5-7/h3-6,15H,1-2H3,(H,13,16)(H,14,17). The Morgan fingerprint density at radius 1 is 1.41 bits per heavy atom. The maximum atomic E-state index is 11.7. The van der Waals surface area contributed by atoms with Crippen LogP contribution in [0.3, 0.4) is 0 Å². The van der Waals surface area contributed by atoms with Crippen LogP contribution in [-0.2, 0) is 4.79 Å². The van der Waals surface area contributed by atoms with Crippen molar-refractivity contribution in [3.63, 3.8) is 0 Å². The summed E-state index contributed by atoms with van der Waals surface area (Å²) in [6.07, 6.45) is 0. The molecule has 0 heterocycles. The highest BCUT2D eigenvalue weighted by Crippen LogP contribution is 2.20. The summed E-state index contributed by atoms with van der Waals surface area (Å²) in [6, 6.07) is 3.98. The molecular weight excluding hydrogens is 335 g/mol. The van der Waals surface area contributed by atoms with Gasteiger partial charge in [-0.15, -0.1) is 0 Å². The van der Waals surface area contributed by atoms with E-state index < -0.39 is 11.9 Å². The van der Waals surface area contributed by atoms with E-state index in [2.05, 4.69) is 10.6 Å². The fourth-order valence-electron chi connectivity index (χ4n) is 1.22. The van der Waals surface area contributed by atoms with Crippen LogP contribution in [0, 0.1) is 3.57 Å². The molecule has 3 N–H and O–H groups in total. The highest BCUT2D eigenvalue weighted by Gasteiger charge is 2.15. The number of carbonyl (C=O) groups excluding carboxylic acids is 2. The summed E-state index contributed by atoms with van der Waals surface area (Å²) in [7, 11) is 1.50. The van der Waals surface area contributed by atoms with Crippen LogP contribution >= 0.6 is 22.6 Å². The van der Waals surface area contributed by atoms with E-state index in [-0.39, 0.29) is 11.7 Å². The SMILES string of the molecule is CNC(=O)C(C)NC(=O)c1ccc(I)c(O)c1. The molecule has 0 aliphatic heterocycles. The number of benzene rings is 1. The summed E-state index contributed by atoms with van der Waals surface area (Å²) < 4.78 is 0.665. The molecule has 0 fully saturated rings. The average molecular weight is 348 g/mol. The molecule has 1 rings (SSSR count). The van der Waals surface area contributed by atoms with Crippen LogP contribution in [-0.4, -0.2) is 30.0 Å². The number of amides is 2. The van der Waals surface area contributed by atoms with E-state index in [9.17, 15) is 14.7 Å². The Hall–Kier alpha value is -1.31. The largest absolute Gasteiger partial charge is 0.507 e. The van der Waals surface area contributed by atoms with E-state index in [1.165, 1.54) is 13.1 Å². The van der Waals surface area contributed by atoms with Crippen molar-refractivity contribution in [1.82, 2.24) is 10.6 Å². The minimum absolute atomic E-state index is 0.0471. The lowest BCUT2D eigenvalue weighted by atomic mass is 10.2. The molecule has 0 radical (unpaired) electrons. The van der Waals surface area contributed by atoms with Gasteiger partial charge in [0.05, 0.1) is 3.57 Å². The number of likely N-dealkylation sites (N-methyl/N-ethyl adjacent to an activating group) is 1. The number of hydrogen-bond donors (Lipinski definition) is 3. The number of phenolic OH excluding ortho intramolecular Hbond substituents is 1. The Balaban J connectivity index is 2.76. The first kappa shape index (κ1) is 13.8. The van der Waals surface area contributed by atoms with Crippen LogP contribution in [0.2, 0.25) is 0 Å². The molecule has 92 valence electrons. The number of halogens is 1. The normalized spacial score (nSPS) is 11.7. The van der Waals surface area contributed by atoms with Crippen molar-refractivity contribution in [2.24, 2.45) is 0 Å². The number of rotatable bonds is 3. The van der Waals surface area contributed by atoms with Gasteiger partial charge in [-0.1, -0.05) is 0 Å². The first-order valence-corrected chi connectivity index (χ1v) is 6.04. The summed E-state index contributed by atoms with van der Waals surface area (Å²) in [5.74, 6) is -0.619. The average Bonchev–Trinajstić information content (AvgIpc) is 2.31. The number of hydrogen-bond acceptors (Lipinski definition) is 3. The first-order valence-electron chi connectivity index (χ1n) is 4.96. The minimum atomic E-state index is -0.617. The topological polar surface area (TPSA) is 78.4 Å². The van der Waals surface area contributed by atoms with Gasteiger partial charge in [0.2, 0.25) is 5.91 Å². The molecule has 5 nitrogen and oxygen atoms in total. The summed E-state index contributed by atoms with van der Waals surface area (Å²) in [6.45, 7) is 1.59. The number of aromatic hydroxyl groups is 1. The van der Waals surface area contributed by atoms with Crippen molar-refractivity contribution >= 4 is 34.4 Å². The molecule has 0 spiro atoms. The highest BCUT2D eigenvalue weighted by atomic mass is 127. The zero-order chi connectivity index (χ0) is 13.0. The highest BCUT2D eigenvalue weighted by molar-refractivity contribution is 14.1. The Morgan fingerprint density at radius 2 is 2.06 bits per heavy atom. The van der Waals surface area contributed by atoms with Gasteiger partial charge in [0.15, 0.2) is 0 Å². The van der Waals surface area contributed by atoms with E-state index in [0.717, 1.165) is 0 Å². The van der Waals surface area contributed by atoms with Crippen LogP contribution in [0.4, 0.5) is 0 Å². The molecule has 0 bridgehead atoms.